The molecule has 0 aliphatic carbocycles. The lowest BCUT2D eigenvalue weighted by Crippen LogP contribution is -1.97. The van der Waals surface area contributed by atoms with Crippen molar-refractivity contribution in [3.8, 4) is 0 Å². The quantitative estimate of drug-likeness (QED) is 0.836. The van der Waals surface area contributed by atoms with E-state index in [2.05, 4.69) is 0 Å². The van der Waals surface area contributed by atoms with Gasteiger partial charge in [-0.05, 0) is 22.3 Å². The van der Waals surface area contributed by atoms with Crippen molar-refractivity contribution in [3.63, 3.8) is 0 Å². The Labute approximate surface area is 113 Å². The molecule has 2 N–H and O–H groups in total. The van der Waals surface area contributed by atoms with Crippen molar-refractivity contribution in [3.05, 3.63) is 70.8 Å². The van der Waals surface area contributed by atoms with Gasteiger partial charge in [0.15, 0.2) is 0 Å². The maximum atomic E-state index is 9.16. The molecule has 0 saturated carbocycles. The van der Waals surface area contributed by atoms with Crippen LogP contribution in [0.4, 0.5) is 0 Å². The maximum absolute atomic E-state index is 9.16. The summed E-state index contributed by atoms with van der Waals surface area (Å²) in [6.07, 6.45) is 0. The Hall–Kier alpha value is -1.68. The Morgan fingerprint density at radius 2 is 1.21 bits per heavy atom. The van der Waals surface area contributed by atoms with Crippen molar-refractivity contribution in [2.45, 2.75) is 26.4 Å². The van der Waals surface area contributed by atoms with Crippen LogP contribution in [-0.4, -0.2) is 10.2 Å². The molecule has 0 unspecified atom stereocenters. The minimum absolute atomic E-state index is 0.0282. The van der Waals surface area contributed by atoms with Gasteiger partial charge in [0, 0.05) is 0 Å². The van der Waals surface area contributed by atoms with Gasteiger partial charge >= 0.3 is 0 Å². The molecule has 0 radical (unpaired) electrons. The van der Waals surface area contributed by atoms with E-state index in [1.807, 2.05) is 42.5 Å². The Kier molecular flexibility index (Phi) is 5.10. The first-order chi connectivity index (χ1) is 9.31. The van der Waals surface area contributed by atoms with Gasteiger partial charge in [0.1, 0.15) is 0 Å². The highest BCUT2D eigenvalue weighted by molar-refractivity contribution is 5.29. The summed E-state index contributed by atoms with van der Waals surface area (Å²) in [5.74, 6) is 0. The first-order valence-electron chi connectivity index (χ1n) is 6.27. The molecule has 0 aromatic heterocycles. The summed E-state index contributed by atoms with van der Waals surface area (Å²) in [4.78, 5) is 0. The summed E-state index contributed by atoms with van der Waals surface area (Å²) in [6, 6.07) is 15.5. The molecule has 0 heterocycles. The van der Waals surface area contributed by atoms with Crippen LogP contribution < -0.4 is 0 Å². The minimum atomic E-state index is -0.0282. The standard InChI is InChI=1S/C16H18O3/c17-9-14-6-15(10-18)8-16(7-14)12-19-11-13-4-2-1-3-5-13/h1-8,17-18H,9-12H2. The highest BCUT2D eigenvalue weighted by Gasteiger charge is 2.01. The predicted octanol–water partition coefficient (Wildman–Crippen LogP) is 2.39. The first-order valence-corrected chi connectivity index (χ1v) is 6.27. The number of aliphatic hydroxyl groups excluding tert-OH is 2. The highest BCUT2D eigenvalue weighted by atomic mass is 16.5. The van der Waals surface area contributed by atoms with Gasteiger partial charge < -0.3 is 14.9 Å². The third-order valence-electron chi connectivity index (χ3n) is 2.86. The summed E-state index contributed by atoms with van der Waals surface area (Å²) in [5.41, 5.74) is 3.68. The van der Waals surface area contributed by atoms with Crippen LogP contribution in [0.3, 0.4) is 0 Å². The summed E-state index contributed by atoms with van der Waals surface area (Å²) >= 11 is 0. The largest absolute Gasteiger partial charge is 0.392 e. The zero-order valence-electron chi connectivity index (χ0n) is 10.7. The van der Waals surface area contributed by atoms with Crippen molar-refractivity contribution >= 4 is 0 Å². The average Bonchev–Trinajstić information content (AvgIpc) is 2.48. The predicted molar refractivity (Wildman–Crippen MR) is 73.2 cm³/mol. The molecule has 100 valence electrons. The molecule has 0 aliphatic heterocycles. The third-order valence-corrected chi connectivity index (χ3v) is 2.86. The molecule has 0 spiro atoms. The molecule has 3 nitrogen and oxygen atoms in total. The van der Waals surface area contributed by atoms with Crippen LogP contribution >= 0.6 is 0 Å². The number of rotatable bonds is 6. The van der Waals surface area contributed by atoms with Gasteiger partial charge in [0.05, 0.1) is 26.4 Å². The molecule has 0 saturated heterocycles. The van der Waals surface area contributed by atoms with Crippen LogP contribution in [0.5, 0.6) is 0 Å². The molecule has 0 bridgehead atoms. The van der Waals surface area contributed by atoms with Crippen LogP contribution in [0, 0.1) is 0 Å². The van der Waals surface area contributed by atoms with Crippen molar-refractivity contribution in [2.24, 2.45) is 0 Å². The second kappa shape index (κ2) is 7.04. The molecule has 2 aromatic rings. The molecule has 2 rings (SSSR count). The number of benzene rings is 2. The van der Waals surface area contributed by atoms with Gasteiger partial charge in [-0.1, -0.05) is 48.5 Å². The number of hydrogen-bond acceptors (Lipinski definition) is 3. The van der Waals surface area contributed by atoms with Crippen molar-refractivity contribution < 1.29 is 14.9 Å². The molecular weight excluding hydrogens is 240 g/mol. The van der Waals surface area contributed by atoms with E-state index in [1.54, 1.807) is 6.07 Å². The van der Waals surface area contributed by atoms with E-state index in [1.165, 1.54) is 0 Å². The maximum Gasteiger partial charge on any atom is 0.0721 e. The molecule has 0 fully saturated rings. The van der Waals surface area contributed by atoms with E-state index in [-0.39, 0.29) is 13.2 Å². The van der Waals surface area contributed by atoms with E-state index < -0.39 is 0 Å². The fourth-order valence-corrected chi connectivity index (χ4v) is 1.97. The van der Waals surface area contributed by atoms with Gasteiger partial charge in [0.25, 0.3) is 0 Å². The normalized spacial score (nSPS) is 10.6. The van der Waals surface area contributed by atoms with E-state index in [0.717, 1.165) is 22.3 Å². The van der Waals surface area contributed by atoms with Gasteiger partial charge in [-0.2, -0.15) is 0 Å². The van der Waals surface area contributed by atoms with E-state index in [9.17, 15) is 0 Å². The van der Waals surface area contributed by atoms with Crippen LogP contribution in [0.1, 0.15) is 22.3 Å². The second-order valence-electron chi connectivity index (χ2n) is 4.45. The van der Waals surface area contributed by atoms with Crippen molar-refractivity contribution in [1.82, 2.24) is 0 Å². The molecule has 0 amide bonds. The zero-order chi connectivity index (χ0) is 13.5. The zero-order valence-corrected chi connectivity index (χ0v) is 10.7. The number of ether oxygens (including phenoxy) is 1. The lowest BCUT2D eigenvalue weighted by molar-refractivity contribution is 0.107. The van der Waals surface area contributed by atoms with Gasteiger partial charge in [0.2, 0.25) is 0 Å². The van der Waals surface area contributed by atoms with E-state index in [4.69, 9.17) is 14.9 Å². The van der Waals surface area contributed by atoms with Crippen LogP contribution in [0.25, 0.3) is 0 Å². The second-order valence-corrected chi connectivity index (χ2v) is 4.45. The Morgan fingerprint density at radius 1 is 0.684 bits per heavy atom. The van der Waals surface area contributed by atoms with Gasteiger partial charge in [-0.15, -0.1) is 0 Å². The fraction of sp³-hybridized carbons (Fsp3) is 0.250. The number of hydrogen-bond donors (Lipinski definition) is 2. The van der Waals surface area contributed by atoms with Crippen LogP contribution in [-0.2, 0) is 31.2 Å². The number of aliphatic hydroxyl groups is 2. The fourth-order valence-electron chi connectivity index (χ4n) is 1.97. The lowest BCUT2D eigenvalue weighted by Gasteiger charge is -2.08. The summed E-state index contributed by atoms with van der Waals surface area (Å²) in [7, 11) is 0. The smallest absolute Gasteiger partial charge is 0.0721 e. The van der Waals surface area contributed by atoms with Crippen molar-refractivity contribution in [2.75, 3.05) is 0 Å². The molecule has 3 heteroatoms. The van der Waals surface area contributed by atoms with Gasteiger partial charge in [-0.25, -0.2) is 0 Å². The van der Waals surface area contributed by atoms with Crippen LogP contribution in [0.15, 0.2) is 48.5 Å². The Balaban J connectivity index is 1.95. The molecule has 0 atom stereocenters. The summed E-state index contributed by atoms with van der Waals surface area (Å²) in [6.45, 7) is 0.966. The first kappa shape index (κ1) is 13.7. The third kappa shape index (κ3) is 4.17. The highest BCUT2D eigenvalue weighted by Crippen LogP contribution is 2.13. The van der Waals surface area contributed by atoms with E-state index >= 15 is 0 Å². The Bertz CT molecular complexity index is 486. The minimum Gasteiger partial charge on any atom is -0.392 e. The molecule has 2 aromatic carbocycles. The summed E-state index contributed by atoms with van der Waals surface area (Å²) < 4.78 is 5.64. The van der Waals surface area contributed by atoms with E-state index in [0.29, 0.717) is 13.2 Å². The van der Waals surface area contributed by atoms with Crippen LogP contribution in [0.2, 0.25) is 0 Å². The molecular formula is C16H18O3. The Morgan fingerprint density at radius 3 is 1.79 bits per heavy atom. The SMILES string of the molecule is OCc1cc(CO)cc(COCc2ccccc2)c1. The molecule has 19 heavy (non-hydrogen) atoms. The molecule has 0 aliphatic rings. The lowest BCUT2D eigenvalue weighted by atomic mass is 10.1. The monoisotopic (exact) mass is 258 g/mol. The van der Waals surface area contributed by atoms with Gasteiger partial charge in [-0.3, -0.25) is 0 Å². The topological polar surface area (TPSA) is 49.7 Å². The van der Waals surface area contributed by atoms with Crippen molar-refractivity contribution in [1.29, 1.82) is 0 Å². The summed E-state index contributed by atoms with van der Waals surface area (Å²) in [5, 5.41) is 18.3. The average molecular weight is 258 g/mol.